The first-order valence-electron chi connectivity index (χ1n) is 16.4. The number of hydrogen-bond donors (Lipinski definition) is 3. The Morgan fingerprint density at radius 2 is 1.60 bits per heavy atom. The number of amides is 3. The van der Waals surface area contributed by atoms with E-state index in [0.717, 1.165) is 42.5 Å². The third kappa shape index (κ3) is 8.49. The van der Waals surface area contributed by atoms with Gasteiger partial charge in [-0.15, -0.1) is 0 Å². The van der Waals surface area contributed by atoms with Crippen molar-refractivity contribution in [2.75, 3.05) is 43.5 Å². The van der Waals surface area contributed by atoms with Crippen molar-refractivity contribution in [2.45, 2.75) is 57.4 Å². The topological polar surface area (TPSA) is 128 Å². The van der Waals surface area contributed by atoms with Gasteiger partial charge in [0.1, 0.15) is 0 Å². The fraction of sp³-hybridized carbons (Fsp3) is 0.405. The van der Waals surface area contributed by atoms with Crippen LogP contribution in [0.2, 0.25) is 0 Å². The zero-order chi connectivity index (χ0) is 33.3. The number of anilines is 2. The van der Waals surface area contributed by atoms with Gasteiger partial charge in [-0.2, -0.15) is 0 Å². The molecule has 0 aromatic heterocycles. The van der Waals surface area contributed by atoms with Crippen molar-refractivity contribution in [1.82, 2.24) is 10.2 Å². The Morgan fingerprint density at radius 3 is 2.28 bits per heavy atom. The van der Waals surface area contributed by atoms with Gasteiger partial charge < -0.3 is 30.3 Å². The highest BCUT2D eigenvalue weighted by atomic mass is 16.5. The summed E-state index contributed by atoms with van der Waals surface area (Å²) in [5.74, 6) is -1.73. The molecule has 1 aliphatic heterocycles. The van der Waals surface area contributed by atoms with Gasteiger partial charge in [-0.25, -0.2) is 4.79 Å². The molecule has 1 saturated carbocycles. The fourth-order valence-corrected chi connectivity index (χ4v) is 6.79. The summed E-state index contributed by atoms with van der Waals surface area (Å²) in [6.07, 6.45) is 4.17. The lowest BCUT2D eigenvalue weighted by atomic mass is 9.84. The van der Waals surface area contributed by atoms with Gasteiger partial charge >= 0.3 is 12.1 Å². The summed E-state index contributed by atoms with van der Waals surface area (Å²) in [5, 5.41) is 15.7. The molecule has 1 saturated heterocycles. The third-order valence-corrected chi connectivity index (χ3v) is 9.26. The average Bonchev–Trinajstić information content (AvgIpc) is 3.48. The average molecular weight is 641 g/mol. The predicted octanol–water partition coefficient (Wildman–Crippen LogP) is 6.13. The summed E-state index contributed by atoms with van der Waals surface area (Å²) in [7, 11) is 1.37. The number of carbonyl (C=O) groups is 4. The minimum absolute atomic E-state index is 0.128. The molecule has 3 amide bonds. The molecule has 1 aliphatic carbocycles. The van der Waals surface area contributed by atoms with E-state index in [1.165, 1.54) is 7.11 Å². The molecular formula is C37H44N4O6. The highest BCUT2D eigenvalue weighted by Gasteiger charge is 2.33. The smallest absolute Gasteiger partial charge is 0.409 e. The van der Waals surface area contributed by atoms with Gasteiger partial charge in [-0.1, -0.05) is 73.0 Å². The molecule has 2 unspecified atom stereocenters. The van der Waals surface area contributed by atoms with Gasteiger partial charge in [-0.05, 0) is 61.4 Å². The third-order valence-electron chi connectivity index (χ3n) is 9.26. The van der Waals surface area contributed by atoms with E-state index in [2.05, 4.69) is 15.5 Å². The quantitative estimate of drug-likeness (QED) is 0.243. The van der Waals surface area contributed by atoms with Gasteiger partial charge in [0.25, 0.3) is 5.91 Å². The highest BCUT2D eigenvalue weighted by Crippen LogP contribution is 2.39. The maximum Gasteiger partial charge on any atom is 0.409 e. The Bertz CT molecular complexity index is 1550. The molecule has 2 atom stereocenters. The maximum atomic E-state index is 14.2. The van der Waals surface area contributed by atoms with Crippen LogP contribution in [0, 0.1) is 12.8 Å². The maximum absolute atomic E-state index is 14.2. The first-order chi connectivity index (χ1) is 22.7. The molecule has 2 fully saturated rings. The van der Waals surface area contributed by atoms with Crippen LogP contribution >= 0.6 is 0 Å². The van der Waals surface area contributed by atoms with Crippen LogP contribution in [-0.2, 0) is 14.3 Å². The normalized spacial score (nSPS) is 16.6. The van der Waals surface area contributed by atoms with Crippen LogP contribution in [0.15, 0.2) is 72.8 Å². The predicted molar refractivity (Wildman–Crippen MR) is 181 cm³/mol. The van der Waals surface area contributed by atoms with E-state index in [9.17, 15) is 24.3 Å². The zero-order valence-electron chi connectivity index (χ0n) is 27.1. The van der Waals surface area contributed by atoms with Crippen molar-refractivity contribution in [1.29, 1.82) is 0 Å². The largest absolute Gasteiger partial charge is 0.481 e. The fourth-order valence-electron chi connectivity index (χ4n) is 6.79. The van der Waals surface area contributed by atoms with E-state index in [1.807, 2.05) is 67.6 Å². The summed E-state index contributed by atoms with van der Waals surface area (Å²) in [4.78, 5) is 55.7. The van der Waals surface area contributed by atoms with E-state index < -0.39 is 17.9 Å². The molecule has 3 aromatic carbocycles. The van der Waals surface area contributed by atoms with E-state index in [4.69, 9.17) is 4.74 Å². The number of aliphatic carboxylic acids is 1. The number of carboxylic acid groups (broad SMARTS) is 1. The van der Waals surface area contributed by atoms with Crippen molar-refractivity contribution in [2.24, 2.45) is 5.92 Å². The summed E-state index contributed by atoms with van der Waals surface area (Å²) in [5.41, 5.74) is 4.23. The van der Waals surface area contributed by atoms with Gasteiger partial charge in [-0.3, -0.25) is 14.4 Å². The highest BCUT2D eigenvalue weighted by molar-refractivity contribution is 6.02. The van der Waals surface area contributed by atoms with Crippen molar-refractivity contribution >= 4 is 35.3 Å². The number of ether oxygens (including phenoxy) is 1. The molecule has 3 aromatic rings. The molecule has 3 N–H and O–H groups in total. The van der Waals surface area contributed by atoms with Crippen molar-refractivity contribution in [3.8, 4) is 0 Å². The van der Waals surface area contributed by atoms with Gasteiger partial charge in [0.05, 0.1) is 36.9 Å². The molecule has 248 valence electrons. The molecular weight excluding hydrogens is 596 g/mol. The van der Waals surface area contributed by atoms with Crippen molar-refractivity contribution in [3.05, 3.63) is 95.1 Å². The van der Waals surface area contributed by atoms with Gasteiger partial charge in [0.2, 0.25) is 5.91 Å². The number of benzene rings is 3. The van der Waals surface area contributed by atoms with Crippen LogP contribution in [0.25, 0.3) is 0 Å². The monoisotopic (exact) mass is 640 g/mol. The number of methoxy groups -OCH3 is 1. The van der Waals surface area contributed by atoms with Crippen LogP contribution in [-0.4, -0.2) is 67.2 Å². The number of carbonyl (C=O) groups excluding carboxylic acids is 3. The molecule has 2 aliphatic rings. The summed E-state index contributed by atoms with van der Waals surface area (Å²) in [6, 6.07) is 21.7. The van der Waals surface area contributed by atoms with Gasteiger partial charge in [0, 0.05) is 31.7 Å². The lowest BCUT2D eigenvalue weighted by molar-refractivity contribution is -0.137. The Kier molecular flexibility index (Phi) is 11.1. The van der Waals surface area contributed by atoms with E-state index in [0.29, 0.717) is 49.4 Å². The second-order valence-corrected chi connectivity index (χ2v) is 12.5. The second-order valence-electron chi connectivity index (χ2n) is 12.5. The van der Waals surface area contributed by atoms with E-state index >= 15 is 0 Å². The lowest BCUT2D eigenvalue weighted by Gasteiger charge is -2.28. The Labute approximate surface area is 276 Å². The number of nitrogens with zero attached hydrogens (tertiary/aromatic N) is 2. The SMILES string of the molecule is COC(=O)N1CCCN(c2ccc(C(=O)NC(CC(=O)O)c3ccc(C)cc3)cc2NC(=O)C(c2ccccc2)C2CCCC2)CC1. The van der Waals surface area contributed by atoms with E-state index in [1.54, 1.807) is 17.0 Å². The Hall–Kier alpha value is -4.86. The van der Waals surface area contributed by atoms with Crippen LogP contribution in [0.4, 0.5) is 16.2 Å². The number of rotatable bonds is 10. The summed E-state index contributed by atoms with van der Waals surface area (Å²) < 4.78 is 4.95. The van der Waals surface area contributed by atoms with Crippen LogP contribution < -0.4 is 15.5 Å². The van der Waals surface area contributed by atoms with Crippen molar-refractivity contribution in [3.63, 3.8) is 0 Å². The summed E-state index contributed by atoms with van der Waals surface area (Å²) >= 11 is 0. The molecule has 0 bridgehead atoms. The number of nitrogens with one attached hydrogen (secondary N) is 2. The Balaban J connectivity index is 1.46. The molecule has 47 heavy (non-hydrogen) atoms. The molecule has 0 radical (unpaired) electrons. The molecule has 1 heterocycles. The summed E-state index contributed by atoms with van der Waals surface area (Å²) in [6.45, 7) is 4.10. The number of aryl methyl sites for hydroxylation is 1. The lowest BCUT2D eigenvalue weighted by Crippen LogP contribution is -2.35. The first-order valence-corrected chi connectivity index (χ1v) is 16.4. The number of carboxylic acids is 1. The minimum atomic E-state index is -1.03. The van der Waals surface area contributed by atoms with Gasteiger partial charge in [0.15, 0.2) is 0 Å². The zero-order valence-corrected chi connectivity index (χ0v) is 27.1. The van der Waals surface area contributed by atoms with E-state index in [-0.39, 0.29) is 30.3 Å². The Morgan fingerprint density at radius 1 is 0.872 bits per heavy atom. The number of hydrogen-bond acceptors (Lipinski definition) is 6. The molecule has 0 spiro atoms. The molecule has 5 rings (SSSR count). The van der Waals surface area contributed by atoms with Crippen LogP contribution in [0.3, 0.4) is 0 Å². The molecule has 10 heteroatoms. The second kappa shape index (κ2) is 15.6. The van der Waals surface area contributed by atoms with Crippen LogP contribution in [0.1, 0.15) is 77.5 Å². The van der Waals surface area contributed by atoms with Crippen molar-refractivity contribution < 1.29 is 29.0 Å². The van der Waals surface area contributed by atoms with Crippen LogP contribution in [0.5, 0.6) is 0 Å². The first kappa shape index (κ1) is 33.5. The standard InChI is InChI=1S/C37H44N4O6/c1-25-13-15-26(16-14-25)30(24-33(42)43)38-35(44)29-17-18-32(40-19-8-20-41(22-21-40)37(46)47-2)31(23-29)39-36(45)34(28-11-6-7-12-28)27-9-4-3-5-10-27/h3-5,9-10,13-18,23,28,30,34H,6-8,11-12,19-22,24H2,1-2H3,(H,38,44)(H,39,45)(H,42,43). The minimum Gasteiger partial charge on any atom is -0.481 e. The molecule has 10 nitrogen and oxygen atoms in total.